The minimum absolute atomic E-state index is 0.0887. The van der Waals surface area contributed by atoms with E-state index in [9.17, 15) is 4.79 Å². The van der Waals surface area contributed by atoms with E-state index < -0.39 is 0 Å². The van der Waals surface area contributed by atoms with Crippen LogP contribution in [0.2, 0.25) is 5.02 Å². The Morgan fingerprint density at radius 1 is 1.20 bits per heavy atom. The first-order valence-electron chi connectivity index (χ1n) is 7.64. The van der Waals surface area contributed by atoms with Crippen LogP contribution in [0.3, 0.4) is 0 Å². The Kier molecular flexibility index (Phi) is 4.95. The molecule has 3 aromatic rings. The fraction of sp³-hybridized carbons (Fsp3) is 0.176. The molecular formula is C17H16ClN5O2. The van der Waals surface area contributed by atoms with Crippen LogP contribution in [-0.2, 0) is 0 Å². The molecule has 1 amide bonds. The van der Waals surface area contributed by atoms with Crippen molar-refractivity contribution in [3.8, 4) is 11.4 Å². The van der Waals surface area contributed by atoms with E-state index in [0.717, 1.165) is 5.75 Å². The molecule has 2 aromatic carbocycles. The topological polar surface area (TPSA) is 81.9 Å². The first kappa shape index (κ1) is 16.9. The van der Waals surface area contributed by atoms with Crippen LogP contribution in [0.1, 0.15) is 24.2 Å². The van der Waals surface area contributed by atoms with Gasteiger partial charge in [0.15, 0.2) is 0 Å². The molecule has 0 saturated heterocycles. The lowest BCUT2D eigenvalue weighted by Crippen LogP contribution is -2.15. The van der Waals surface area contributed by atoms with Crippen molar-refractivity contribution in [3.63, 3.8) is 0 Å². The van der Waals surface area contributed by atoms with Crippen LogP contribution in [0.4, 0.5) is 5.69 Å². The molecular weight excluding hydrogens is 342 g/mol. The fourth-order valence-electron chi connectivity index (χ4n) is 2.25. The molecule has 1 N–H and O–H groups in total. The van der Waals surface area contributed by atoms with Crippen molar-refractivity contribution in [3.05, 3.63) is 59.4 Å². The molecule has 7 nitrogen and oxygen atoms in total. The number of aromatic nitrogens is 4. The lowest BCUT2D eigenvalue weighted by Gasteiger charge is -2.12. The van der Waals surface area contributed by atoms with Crippen LogP contribution in [0.25, 0.3) is 5.69 Å². The lowest BCUT2D eigenvalue weighted by molar-refractivity contribution is 0.102. The molecule has 0 fully saturated rings. The number of nitrogens with one attached hydrogen (secondary N) is 1. The van der Waals surface area contributed by atoms with E-state index >= 15 is 0 Å². The van der Waals surface area contributed by atoms with Gasteiger partial charge in [-0.3, -0.25) is 4.79 Å². The monoisotopic (exact) mass is 357 g/mol. The van der Waals surface area contributed by atoms with Gasteiger partial charge in [0.2, 0.25) is 0 Å². The Balaban J connectivity index is 1.83. The first-order valence-corrected chi connectivity index (χ1v) is 8.02. The smallest absolute Gasteiger partial charge is 0.257 e. The highest BCUT2D eigenvalue weighted by molar-refractivity contribution is 6.31. The van der Waals surface area contributed by atoms with Gasteiger partial charge in [-0.2, -0.15) is 4.68 Å². The van der Waals surface area contributed by atoms with Crippen LogP contribution >= 0.6 is 11.6 Å². The average molecular weight is 358 g/mol. The summed E-state index contributed by atoms with van der Waals surface area (Å²) in [6.45, 7) is 3.91. The second-order valence-corrected chi connectivity index (χ2v) is 6.00. The number of hydrogen-bond acceptors (Lipinski definition) is 5. The third-order valence-electron chi connectivity index (χ3n) is 3.28. The van der Waals surface area contributed by atoms with Gasteiger partial charge in [0.05, 0.1) is 17.4 Å². The van der Waals surface area contributed by atoms with Crippen molar-refractivity contribution < 1.29 is 9.53 Å². The zero-order valence-electron chi connectivity index (χ0n) is 13.7. The van der Waals surface area contributed by atoms with Crippen molar-refractivity contribution >= 4 is 23.2 Å². The van der Waals surface area contributed by atoms with E-state index in [0.29, 0.717) is 22.0 Å². The first-order chi connectivity index (χ1) is 12.0. The molecule has 0 aliphatic carbocycles. The SMILES string of the molecule is CC(C)Oc1ccc(NC(=O)c2cc(Cl)ccc2-n2cnnn2)cc1. The van der Waals surface area contributed by atoms with E-state index in [1.165, 1.54) is 11.0 Å². The molecule has 0 atom stereocenters. The Morgan fingerprint density at radius 2 is 1.96 bits per heavy atom. The molecule has 3 rings (SSSR count). The summed E-state index contributed by atoms with van der Waals surface area (Å²) in [4.78, 5) is 12.7. The summed E-state index contributed by atoms with van der Waals surface area (Å²) in [6.07, 6.45) is 1.50. The van der Waals surface area contributed by atoms with Crippen LogP contribution in [0, 0.1) is 0 Å². The molecule has 1 aromatic heterocycles. The number of amides is 1. The molecule has 0 aliphatic rings. The van der Waals surface area contributed by atoms with Crippen LogP contribution < -0.4 is 10.1 Å². The molecule has 8 heteroatoms. The number of carbonyl (C=O) groups excluding carboxylic acids is 1. The predicted molar refractivity (Wildman–Crippen MR) is 94.3 cm³/mol. The van der Waals surface area contributed by atoms with E-state index in [-0.39, 0.29) is 12.0 Å². The van der Waals surface area contributed by atoms with E-state index in [4.69, 9.17) is 16.3 Å². The molecule has 0 aliphatic heterocycles. The summed E-state index contributed by atoms with van der Waals surface area (Å²) < 4.78 is 6.99. The highest BCUT2D eigenvalue weighted by Crippen LogP contribution is 2.22. The van der Waals surface area contributed by atoms with E-state index in [1.54, 1.807) is 42.5 Å². The van der Waals surface area contributed by atoms with Crippen molar-refractivity contribution in [1.82, 2.24) is 20.2 Å². The standard InChI is InChI=1S/C17H16ClN5O2/c1-11(2)25-14-6-4-13(5-7-14)20-17(24)15-9-12(18)3-8-16(15)23-10-19-21-22-23/h3-11H,1-2H3,(H,20,24). The summed E-state index contributed by atoms with van der Waals surface area (Å²) in [5.41, 5.74) is 1.54. The molecule has 0 bridgehead atoms. The third-order valence-corrected chi connectivity index (χ3v) is 3.52. The number of tetrazole rings is 1. The predicted octanol–water partition coefficient (Wildman–Crippen LogP) is 3.36. The summed E-state index contributed by atoms with van der Waals surface area (Å²) >= 11 is 6.04. The van der Waals surface area contributed by atoms with Gasteiger partial charge in [0, 0.05) is 10.7 Å². The number of nitrogens with zero attached hydrogens (tertiary/aromatic N) is 4. The molecule has 0 radical (unpaired) electrons. The maximum Gasteiger partial charge on any atom is 0.257 e. The third kappa shape index (κ3) is 4.13. The lowest BCUT2D eigenvalue weighted by atomic mass is 10.1. The molecule has 25 heavy (non-hydrogen) atoms. The number of ether oxygens (including phenoxy) is 1. The minimum Gasteiger partial charge on any atom is -0.491 e. The van der Waals surface area contributed by atoms with Gasteiger partial charge >= 0.3 is 0 Å². The van der Waals surface area contributed by atoms with Gasteiger partial charge in [-0.15, -0.1) is 5.10 Å². The van der Waals surface area contributed by atoms with Gasteiger partial charge in [-0.05, 0) is 66.7 Å². The number of carbonyl (C=O) groups is 1. The van der Waals surface area contributed by atoms with Gasteiger partial charge in [0.1, 0.15) is 12.1 Å². The second-order valence-electron chi connectivity index (χ2n) is 5.56. The molecule has 128 valence electrons. The van der Waals surface area contributed by atoms with Crippen LogP contribution in [0.15, 0.2) is 48.8 Å². The summed E-state index contributed by atoms with van der Waals surface area (Å²) in [5.74, 6) is 0.427. The largest absolute Gasteiger partial charge is 0.491 e. The van der Waals surface area contributed by atoms with Crippen molar-refractivity contribution in [2.24, 2.45) is 0 Å². The number of halogens is 1. The maximum absolute atomic E-state index is 12.7. The fourth-order valence-corrected chi connectivity index (χ4v) is 2.42. The summed E-state index contributed by atoms with van der Waals surface area (Å²) in [7, 11) is 0. The molecule has 0 unspecified atom stereocenters. The molecule has 0 spiro atoms. The van der Waals surface area contributed by atoms with Gasteiger partial charge in [-0.25, -0.2) is 0 Å². The normalized spacial score (nSPS) is 10.7. The van der Waals surface area contributed by atoms with Gasteiger partial charge in [0.25, 0.3) is 5.91 Å². The number of rotatable bonds is 5. The van der Waals surface area contributed by atoms with Crippen molar-refractivity contribution in [2.75, 3.05) is 5.32 Å². The van der Waals surface area contributed by atoms with Crippen molar-refractivity contribution in [2.45, 2.75) is 20.0 Å². The quantitative estimate of drug-likeness (QED) is 0.757. The Labute approximate surface area is 149 Å². The van der Waals surface area contributed by atoms with Gasteiger partial charge in [-0.1, -0.05) is 11.6 Å². The van der Waals surface area contributed by atoms with Crippen LogP contribution in [0.5, 0.6) is 5.75 Å². The molecule has 0 saturated carbocycles. The number of benzene rings is 2. The van der Waals surface area contributed by atoms with Crippen LogP contribution in [-0.4, -0.2) is 32.2 Å². The van der Waals surface area contributed by atoms with E-state index in [2.05, 4.69) is 20.8 Å². The van der Waals surface area contributed by atoms with Gasteiger partial charge < -0.3 is 10.1 Å². The molecule has 1 heterocycles. The zero-order chi connectivity index (χ0) is 17.8. The van der Waals surface area contributed by atoms with Crippen molar-refractivity contribution in [1.29, 1.82) is 0 Å². The zero-order valence-corrected chi connectivity index (χ0v) is 14.4. The summed E-state index contributed by atoms with van der Waals surface area (Å²) in [5, 5.41) is 14.3. The second kappa shape index (κ2) is 7.31. The number of anilines is 1. The Hall–Kier alpha value is -2.93. The Morgan fingerprint density at radius 3 is 2.60 bits per heavy atom. The number of hydrogen-bond donors (Lipinski definition) is 1. The highest BCUT2D eigenvalue weighted by Gasteiger charge is 2.15. The minimum atomic E-state index is -0.314. The highest BCUT2D eigenvalue weighted by atomic mass is 35.5. The van der Waals surface area contributed by atoms with E-state index in [1.807, 2.05) is 13.8 Å². The summed E-state index contributed by atoms with van der Waals surface area (Å²) in [6, 6.07) is 12.1. The average Bonchev–Trinajstić information content (AvgIpc) is 3.10. The Bertz CT molecular complexity index is 863. The maximum atomic E-state index is 12.7.